The fourth-order valence-corrected chi connectivity index (χ4v) is 3.48. The van der Waals surface area contributed by atoms with Gasteiger partial charge in [0.1, 0.15) is 18.1 Å². The molecule has 34 heavy (non-hydrogen) atoms. The van der Waals surface area contributed by atoms with Crippen LogP contribution in [0, 0.1) is 0 Å². The van der Waals surface area contributed by atoms with E-state index in [4.69, 9.17) is 22.9 Å². The fraction of sp³-hybridized carbons (Fsp3) is 0.684. The van der Waals surface area contributed by atoms with Crippen LogP contribution in [0.25, 0.3) is 0 Å². The number of carbonyl (C=O) groups excluding carboxylic acids is 4. The van der Waals surface area contributed by atoms with E-state index in [1.165, 1.54) is 11.8 Å². The Kier molecular flexibility index (Phi) is 11.2. The Balaban J connectivity index is 3.00. The van der Waals surface area contributed by atoms with Crippen LogP contribution in [0.4, 0.5) is 0 Å². The highest BCUT2D eigenvalue weighted by Crippen LogP contribution is 2.19. The number of aliphatic hydroxyl groups is 1. The second-order valence-electron chi connectivity index (χ2n) is 8.04. The van der Waals surface area contributed by atoms with Crippen molar-refractivity contribution in [2.24, 2.45) is 27.9 Å². The van der Waals surface area contributed by atoms with Gasteiger partial charge in [0.15, 0.2) is 5.96 Å². The van der Waals surface area contributed by atoms with E-state index < -0.39 is 66.3 Å². The first kappa shape index (κ1) is 28.6. The van der Waals surface area contributed by atoms with E-state index in [9.17, 15) is 34.2 Å². The molecule has 15 nitrogen and oxygen atoms in total. The normalized spacial score (nSPS) is 18.8. The minimum Gasteiger partial charge on any atom is -0.480 e. The van der Waals surface area contributed by atoms with Gasteiger partial charge in [-0.15, -0.1) is 0 Å². The molecule has 12 N–H and O–H groups in total. The largest absolute Gasteiger partial charge is 0.480 e. The van der Waals surface area contributed by atoms with E-state index in [-0.39, 0.29) is 38.3 Å². The van der Waals surface area contributed by atoms with Gasteiger partial charge in [0, 0.05) is 13.1 Å². The van der Waals surface area contributed by atoms with Crippen LogP contribution >= 0.6 is 0 Å². The summed E-state index contributed by atoms with van der Waals surface area (Å²) in [5.41, 5.74) is 21.2. The number of aliphatic hydroxyl groups excluding tert-OH is 1. The van der Waals surface area contributed by atoms with Crippen molar-refractivity contribution in [2.45, 2.75) is 69.3 Å². The summed E-state index contributed by atoms with van der Waals surface area (Å²) in [6, 6.07) is -5.04. The van der Waals surface area contributed by atoms with Gasteiger partial charge in [-0.1, -0.05) is 0 Å². The number of hydrogen-bond acceptors (Lipinski definition) is 8. The molecule has 0 spiro atoms. The Bertz CT molecular complexity index is 800. The number of carboxylic acids is 1. The number of primary amides is 1. The number of amides is 4. The molecule has 1 fully saturated rings. The highest BCUT2D eigenvalue weighted by Gasteiger charge is 2.38. The zero-order valence-electron chi connectivity index (χ0n) is 19.0. The summed E-state index contributed by atoms with van der Waals surface area (Å²) in [6.45, 7) is 1.60. The van der Waals surface area contributed by atoms with E-state index in [1.807, 2.05) is 0 Å². The SMILES string of the molecule is CC(O)C(NC(=O)C(N)CC(N)=O)C(=O)NC(CCCN=C(N)N)C(=O)N1CCCC1C(=O)O. The first-order valence-corrected chi connectivity index (χ1v) is 10.8. The molecule has 0 saturated carbocycles. The molecule has 0 aromatic carbocycles. The van der Waals surface area contributed by atoms with Crippen molar-refractivity contribution in [2.75, 3.05) is 13.1 Å². The van der Waals surface area contributed by atoms with Gasteiger partial charge in [-0.2, -0.15) is 0 Å². The number of nitrogens with one attached hydrogen (secondary N) is 2. The lowest BCUT2D eigenvalue weighted by Gasteiger charge is -2.29. The number of rotatable bonds is 13. The second kappa shape index (κ2) is 13.3. The van der Waals surface area contributed by atoms with E-state index in [1.54, 1.807) is 0 Å². The van der Waals surface area contributed by atoms with Crippen molar-refractivity contribution in [3.8, 4) is 0 Å². The molecule has 0 radical (unpaired) electrons. The maximum atomic E-state index is 13.1. The van der Waals surface area contributed by atoms with Crippen LogP contribution in [-0.4, -0.2) is 94.0 Å². The fourth-order valence-electron chi connectivity index (χ4n) is 3.48. The highest BCUT2D eigenvalue weighted by atomic mass is 16.4. The Hall–Kier alpha value is -3.46. The second-order valence-corrected chi connectivity index (χ2v) is 8.04. The Morgan fingerprint density at radius 1 is 1.12 bits per heavy atom. The summed E-state index contributed by atoms with van der Waals surface area (Å²) >= 11 is 0. The van der Waals surface area contributed by atoms with Crippen molar-refractivity contribution >= 4 is 35.6 Å². The van der Waals surface area contributed by atoms with E-state index in [0.717, 1.165) is 0 Å². The summed E-state index contributed by atoms with van der Waals surface area (Å²) < 4.78 is 0. The number of aliphatic carboxylic acids is 1. The number of nitrogens with zero attached hydrogens (tertiary/aromatic N) is 2. The van der Waals surface area contributed by atoms with Crippen LogP contribution in [0.3, 0.4) is 0 Å². The number of aliphatic imine (C=N–C) groups is 1. The number of carboxylic acid groups (broad SMARTS) is 1. The van der Waals surface area contributed by atoms with Crippen molar-refractivity contribution in [3.63, 3.8) is 0 Å². The average molecular weight is 487 g/mol. The lowest BCUT2D eigenvalue weighted by atomic mass is 10.1. The van der Waals surface area contributed by atoms with Crippen molar-refractivity contribution in [1.29, 1.82) is 0 Å². The van der Waals surface area contributed by atoms with Crippen LogP contribution in [0.5, 0.6) is 0 Å². The van der Waals surface area contributed by atoms with Crippen LogP contribution in [0.2, 0.25) is 0 Å². The number of likely N-dealkylation sites (tertiary alicyclic amines) is 1. The lowest BCUT2D eigenvalue weighted by Crippen LogP contribution is -2.60. The molecule has 1 aliphatic rings. The van der Waals surface area contributed by atoms with Crippen LogP contribution in [0.15, 0.2) is 4.99 Å². The smallest absolute Gasteiger partial charge is 0.326 e. The van der Waals surface area contributed by atoms with Crippen molar-refractivity contribution in [3.05, 3.63) is 0 Å². The number of guanidine groups is 1. The quantitative estimate of drug-likeness (QED) is 0.0704. The third kappa shape index (κ3) is 8.82. The van der Waals surface area contributed by atoms with Gasteiger partial charge in [-0.25, -0.2) is 4.79 Å². The zero-order chi connectivity index (χ0) is 26.0. The zero-order valence-corrected chi connectivity index (χ0v) is 19.0. The maximum Gasteiger partial charge on any atom is 0.326 e. The number of carbonyl (C=O) groups is 5. The molecule has 1 saturated heterocycles. The first-order chi connectivity index (χ1) is 15.8. The van der Waals surface area contributed by atoms with Gasteiger partial charge in [0.05, 0.1) is 18.6 Å². The topological polar surface area (TPSA) is 270 Å². The van der Waals surface area contributed by atoms with Gasteiger partial charge in [0.2, 0.25) is 23.6 Å². The lowest BCUT2D eigenvalue weighted by molar-refractivity contribution is -0.149. The summed E-state index contributed by atoms with van der Waals surface area (Å²) in [5, 5.41) is 24.1. The first-order valence-electron chi connectivity index (χ1n) is 10.8. The number of hydrogen-bond donors (Lipinski definition) is 8. The number of nitrogens with two attached hydrogens (primary N) is 4. The molecule has 0 aromatic heterocycles. The van der Waals surface area contributed by atoms with Gasteiger partial charge < -0.3 is 48.7 Å². The molecular weight excluding hydrogens is 452 g/mol. The minimum absolute atomic E-state index is 0.0614. The molecule has 15 heteroatoms. The average Bonchev–Trinajstić information content (AvgIpc) is 3.22. The van der Waals surface area contributed by atoms with Gasteiger partial charge >= 0.3 is 5.97 Å². The van der Waals surface area contributed by atoms with E-state index in [2.05, 4.69) is 15.6 Å². The summed E-state index contributed by atoms with van der Waals surface area (Å²) in [4.78, 5) is 65.7. The van der Waals surface area contributed by atoms with Gasteiger partial charge in [0.25, 0.3) is 0 Å². The van der Waals surface area contributed by atoms with Crippen LogP contribution < -0.4 is 33.6 Å². The van der Waals surface area contributed by atoms with Gasteiger partial charge in [-0.3, -0.25) is 24.2 Å². The molecule has 1 heterocycles. The predicted molar refractivity (Wildman–Crippen MR) is 120 cm³/mol. The molecule has 4 amide bonds. The molecule has 192 valence electrons. The molecule has 1 rings (SSSR count). The molecule has 1 aliphatic heterocycles. The Labute approximate surface area is 196 Å². The van der Waals surface area contributed by atoms with Crippen LogP contribution in [-0.2, 0) is 24.0 Å². The molecule has 0 aliphatic carbocycles. The summed E-state index contributed by atoms with van der Waals surface area (Å²) in [5.74, 6) is -4.56. The maximum absolute atomic E-state index is 13.1. The monoisotopic (exact) mass is 486 g/mol. The molecular formula is C19H34N8O7. The predicted octanol–water partition coefficient (Wildman–Crippen LogP) is -4.33. The highest BCUT2D eigenvalue weighted by molar-refractivity contribution is 5.95. The van der Waals surface area contributed by atoms with Gasteiger partial charge in [-0.05, 0) is 32.6 Å². The van der Waals surface area contributed by atoms with Crippen LogP contribution in [0.1, 0.15) is 39.0 Å². The third-order valence-corrected chi connectivity index (χ3v) is 5.20. The Morgan fingerprint density at radius 2 is 1.76 bits per heavy atom. The molecule has 5 atom stereocenters. The third-order valence-electron chi connectivity index (χ3n) is 5.20. The standard InChI is InChI=1S/C19H34N8O7/c1-9(28)14(26-15(30)10(20)8-13(21)29)16(31)25-11(4-2-6-24-19(22)23)17(32)27-7-3-5-12(27)18(33)34/h9-12,14,28H,2-8,20H2,1H3,(H2,21,29)(H,25,31)(H,26,30)(H,33,34)(H4,22,23,24). The van der Waals surface area contributed by atoms with Crippen molar-refractivity contribution < 1.29 is 34.2 Å². The summed E-state index contributed by atoms with van der Waals surface area (Å²) in [6.07, 6.45) is -0.763. The minimum atomic E-state index is -1.51. The molecule has 5 unspecified atom stereocenters. The van der Waals surface area contributed by atoms with E-state index in [0.29, 0.717) is 6.42 Å². The van der Waals surface area contributed by atoms with Crippen molar-refractivity contribution in [1.82, 2.24) is 15.5 Å². The van der Waals surface area contributed by atoms with E-state index >= 15 is 0 Å². The molecule has 0 bridgehead atoms. The Morgan fingerprint density at radius 3 is 2.29 bits per heavy atom. The summed E-state index contributed by atoms with van der Waals surface area (Å²) in [7, 11) is 0. The molecule has 0 aromatic rings.